The molecule has 0 aromatic carbocycles. The summed E-state index contributed by atoms with van der Waals surface area (Å²) in [6.07, 6.45) is 37.4. The van der Waals surface area contributed by atoms with Gasteiger partial charge in [-0.25, -0.2) is 4.98 Å². The van der Waals surface area contributed by atoms with Crippen molar-refractivity contribution in [2.45, 2.75) is 53.4 Å². The summed E-state index contributed by atoms with van der Waals surface area (Å²) in [6.45, 7) is 16.3. The molecule has 1 aliphatic carbocycles. The minimum absolute atomic E-state index is 0.819. The molecule has 4 nitrogen and oxygen atoms in total. The zero-order valence-electron chi connectivity index (χ0n) is 29.7. The number of nitrogens with zero attached hydrogens (tertiary/aromatic N) is 2. The molecule has 5 heterocycles. The number of fused-ring (bicyclic) bond motifs is 8. The third kappa shape index (κ3) is 6.75. The number of hydrogen-bond donors (Lipinski definition) is 2. The average molecular weight is 655 g/mol. The predicted octanol–water partition coefficient (Wildman–Crippen LogP) is 12.3. The third-order valence-electron chi connectivity index (χ3n) is 9.22. The lowest BCUT2D eigenvalue weighted by atomic mass is 9.98. The molecule has 0 saturated heterocycles. The molecule has 0 unspecified atom stereocenters. The molecule has 0 saturated carbocycles. The van der Waals surface area contributed by atoms with E-state index in [-0.39, 0.29) is 0 Å². The molecular formula is C46H46N4. The van der Waals surface area contributed by atoms with E-state index in [1.54, 1.807) is 0 Å². The van der Waals surface area contributed by atoms with Gasteiger partial charge < -0.3 is 9.97 Å². The van der Waals surface area contributed by atoms with Crippen molar-refractivity contribution in [2.24, 2.45) is 0 Å². The number of nitrogens with one attached hydrogen (secondary N) is 2. The number of H-pyrrole nitrogens is 2. The highest BCUT2D eigenvalue weighted by atomic mass is 14.8. The van der Waals surface area contributed by atoms with Crippen molar-refractivity contribution >= 4 is 56.5 Å². The van der Waals surface area contributed by atoms with Crippen LogP contribution in [0.15, 0.2) is 122 Å². The van der Waals surface area contributed by atoms with Crippen molar-refractivity contribution in [2.75, 3.05) is 0 Å². The highest BCUT2D eigenvalue weighted by Crippen LogP contribution is 2.36. The Kier molecular flexibility index (Phi) is 10.7. The van der Waals surface area contributed by atoms with Crippen molar-refractivity contribution < 1.29 is 0 Å². The highest BCUT2D eigenvalue weighted by molar-refractivity contribution is 5.97. The first-order chi connectivity index (χ1) is 24.5. The van der Waals surface area contributed by atoms with Gasteiger partial charge in [-0.3, -0.25) is 4.98 Å². The molecule has 0 amide bonds. The maximum Gasteiger partial charge on any atom is 0.0737 e. The number of allylic oxidation sites excluding steroid dienone is 18. The van der Waals surface area contributed by atoms with E-state index in [2.05, 4.69) is 154 Å². The van der Waals surface area contributed by atoms with Gasteiger partial charge in [-0.1, -0.05) is 98.2 Å². The normalized spacial score (nSPS) is 15.5. The Hall–Kier alpha value is -5.74. The van der Waals surface area contributed by atoms with E-state index < -0.39 is 0 Å². The lowest BCUT2D eigenvalue weighted by Gasteiger charge is -2.09. The van der Waals surface area contributed by atoms with Gasteiger partial charge >= 0.3 is 0 Å². The Morgan fingerprint density at radius 2 is 1.24 bits per heavy atom. The van der Waals surface area contributed by atoms with E-state index in [9.17, 15) is 0 Å². The van der Waals surface area contributed by atoms with Crippen LogP contribution >= 0.6 is 0 Å². The van der Waals surface area contributed by atoms with Gasteiger partial charge in [0, 0.05) is 44.3 Å². The van der Waals surface area contributed by atoms with Gasteiger partial charge in [-0.05, 0) is 112 Å². The van der Waals surface area contributed by atoms with Gasteiger partial charge in [0.25, 0.3) is 0 Å². The Morgan fingerprint density at radius 3 is 1.86 bits per heavy atom. The predicted molar refractivity (Wildman–Crippen MR) is 218 cm³/mol. The molecule has 4 heteroatoms. The van der Waals surface area contributed by atoms with Gasteiger partial charge in [-0.15, -0.1) is 0 Å². The van der Waals surface area contributed by atoms with Gasteiger partial charge in [-0.2, -0.15) is 0 Å². The number of hydrogen-bond acceptors (Lipinski definition) is 2. The Morgan fingerprint density at radius 1 is 0.640 bits per heavy atom. The minimum Gasteiger partial charge on any atom is -0.354 e. The van der Waals surface area contributed by atoms with Gasteiger partial charge in [0.15, 0.2) is 0 Å². The fourth-order valence-electron chi connectivity index (χ4n) is 7.05. The zero-order valence-corrected chi connectivity index (χ0v) is 29.7. The summed E-state index contributed by atoms with van der Waals surface area (Å²) in [5.74, 6) is 0. The van der Waals surface area contributed by atoms with E-state index in [0.717, 1.165) is 109 Å². The van der Waals surface area contributed by atoms with Crippen LogP contribution in [0.4, 0.5) is 0 Å². The molecule has 0 fully saturated rings. The molecule has 3 aromatic heterocycles. The van der Waals surface area contributed by atoms with Crippen LogP contribution in [0.5, 0.6) is 0 Å². The summed E-state index contributed by atoms with van der Waals surface area (Å²) in [6, 6.07) is 8.74. The number of aryl methyl sites for hydroxylation is 2. The van der Waals surface area contributed by atoms with Crippen molar-refractivity contribution in [3.05, 3.63) is 168 Å². The fourth-order valence-corrected chi connectivity index (χ4v) is 7.05. The van der Waals surface area contributed by atoms with Gasteiger partial charge in [0.1, 0.15) is 0 Å². The minimum atomic E-state index is 0.819. The van der Waals surface area contributed by atoms with Crippen molar-refractivity contribution in [3.8, 4) is 0 Å². The summed E-state index contributed by atoms with van der Waals surface area (Å²) in [5.41, 5.74) is 16.7. The molecule has 2 aliphatic heterocycles. The SMILES string of the molecule is C=C/C=C\C(=C/C)c1c2nc(c(C3=CCCC=C3)c3ccc([nH]3)c(C(/C=C\C)=C/C=C)c3nc(c(C(/C=C\C)=C/C)c4ccc1[nH]4)CC3)C=C2. The third-order valence-corrected chi connectivity index (χ3v) is 9.22. The lowest BCUT2D eigenvalue weighted by Crippen LogP contribution is -1.94. The molecule has 8 bridgehead atoms. The van der Waals surface area contributed by atoms with Crippen molar-refractivity contribution in [1.82, 2.24) is 19.9 Å². The van der Waals surface area contributed by atoms with Crippen LogP contribution in [0.25, 0.3) is 56.5 Å². The van der Waals surface area contributed by atoms with Crippen LogP contribution in [0, 0.1) is 0 Å². The Labute approximate surface area is 296 Å². The molecule has 0 spiro atoms. The topological polar surface area (TPSA) is 57.4 Å². The van der Waals surface area contributed by atoms with Gasteiger partial charge in [0.05, 0.1) is 22.8 Å². The maximum absolute atomic E-state index is 5.47. The molecule has 2 N–H and O–H groups in total. The highest BCUT2D eigenvalue weighted by Gasteiger charge is 2.21. The summed E-state index contributed by atoms with van der Waals surface area (Å²) in [5, 5.41) is 0. The average Bonchev–Trinajstić information content (AvgIpc) is 3.97. The maximum atomic E-state index is 5.47. The zero-order chi connectivity index (χ0) is 35.0. The van der Waals surface area contributed by atoms with Gasteiger partial charge in [0.2, 0.25) is 0 Å². The molecule has 0 radical (unpaired) electrons. The second kappa shape index (κ2) is 15.7. The molecule has 50 heavy (non-hydrogen) atoms. The van der Waals surface area contributed by atoms with Crippen LogP contribution in [-0.2, 0) is 12.8 Å². The molecule has 250 valence electrons. The molecule has 3 aromatic rings. The molecular weight excluding hydrogens is 609 g/mol. The quantitative estimate of drug-likeness (QED) is 0.176. The first kappa shape index (κ1) is 34.1. The van der Waals surface area contributed by atoms with Crippen LogP contribution < -0.4 is 0 Å². The van der Waals surface area contributed by atoms with E-state index in [1.807, 2.05) is 18.2 Å². The smallest absolute Gasteiger partial charge is 0.0737 e. The van der Waals surface area contributed by atoms with Crippen LogP contribution in [0.2, 0.25) is 0 Å². The Bertz CT molecular complexity index is 2280. The standard InChI is InChI=1S/C46H46N4/c1-7-13-20-32(12-6)44-37-24-23-35(47-37)43(31(11-5)17-8-2)36-25-27-39(48-36)45(33(18-9-3)19-10-4)40-29-30-42(50-40)46(34-21-15-14-16-22-34)41-28-26-38(44)49-41/h7-13,15,17-24,26,28-30,47,50H,1,3,14,16,25,27H2,2,4-6H3/b17-8-,19-10-,20-13-,31-11+,32-12+,33-18+,43-35?,43-36?,44-37?,44-38?,45-39?,45-40?,46-41?,46-42?. The largest absolute Gasteiger partial charge is 0.354 e. The lowest BCUT2D eigenvalue weighted by molar-refractivity contribution is 1.02. The summed E-state index contributed by atoms with van der Waals surface area (Å²) in [4.78, 5) is 18.5. The fraction of sp³-hybridized carbons (Fsp3) is 0.174. The van der Waals surface area contributed by atoms with Crippen molar-refractivity contribution in [1.29, 1.82) is 0 Å². The number of aromatic amines is 2. The van der Waals surface area contributed by atoms with Crippen LogP contribution in [-0.4, -0.2) is 19.9 Å². The number of aromatic nitrogens is 4. The first-order valence-electron chi connectivity index (χ1n) is 17.6. The second-order valence-corrected chi connectivity index (χ2v) is 12.4. The van der Waals surface area contributed by atoms with E-state index in [0.29, 0.717) is 0 Å². The van der Waals surface area contributed by atoms with Crippen molar-refractivity contribution in [3.63, 3.8) is 0 Å². The first-order valence-corrected chi connectivity index (χ1v) is 17.6. The molecule has 3 aliphatic rings. The summed E-state index contributed by atoms with van der Waals surface area (Å²) in [7, 11) is 0. The second-order valence-electron chi connectivity index (χ2n) is 12.4. The Balaban J connectivity index is 1.87. The summed E-state index contributed by atoms with van der Waals surface area (Å²) >= 11 is 0. The molecule has 0 atom stereocenters. The number of rotatable bonds is 9. The van der Waals surface area contributed by atoms with Crippen LogP contribution in [0.3, 0.4) is 0 Å². The van der Waals surface area contributed by atoms with Crippen LogP contribution in [0.1, 0.15) is 85.6 Å². The van der Waals surface area contributed by atoms with E-state index in [4.69, 9.17) is 9.97 Å². The summed E-state index contributed by atoms with van der Waals surface area (Å²) < 4.78 is 0. The van der Waals surface area contributed by atoms with E-state index >= 15 is 0 Å². The van der Waals surface area contributed by atoms with E-state index in [1.165, 1.54) is 5.57 Å². The molecule has 6 rings (SSSR count). The monoisotopic (exact) mass is 654 g/mol.